The number of halogens is 1. The molecule has 1 saturated heterocycles. The van der Waals surface area contributed by atoms with Gasteiger partial charge < -0.3 is 11.1 Å². The Labute approximate surface area is 67.3 Å². The van der Waals surface area contributed by atoms with Crippen molar-refractivity contribution in [3.8, 4) is 0 Å². The highest BCUT2D eigenvalue weighted by Crippen LogP contribution is 2.23. The van der Waals surface area contributed by atoms with E-state index in [1.54, 1.807) is 6.92 Å². The standard InChI is InChI=1S/C8H17FN2/c1-8(9,6-10)4-7-2-3-11-5-7/h7,11H,2-6,10H2,1H3. The van der Waals surface area contributed by atoms with Crippen LogP contribution in [-0.4, -0.2) is 25.3 Å². The third kappa shape index (κ3) is 2.75. The van der Waals surface area contributed by atoms with Gasteiger partial charge in [-0.15, -0.1) is 0 Å². The predicted octanol–water partition coefficient (Wildman–Crippen LogP) is 0.673. The topological polar surface area (TPSA) is 38.0 Å². The zero-order chi connectivity index (χ0) is 8.32. The molecule has 0 bridgehead atoms. The molecule has 3 N–H and O–H groups in total. The molecule has 1 heterocycles. The number of nitrogens with two attached hydrogens (primary N) is 1. The minimum atomic E-state index is -1.16. The van der Waals surface area contributed by atoms with Crippen LogP contribution < -0.4 is 11.1 Å². The molecule has 3 heteroatoms. The normalized spacial score (nSPS) is 30.3. The average molecular weight is 160 g/mol. The van der Waals surface area contributed by atoms with E-state index in [0.29, 0.717) is 12.3 Å². The van der Waals surface area contributed by atoms with Crippen LogP contribution >= 0.6 is 0 Å². The molecule has 1 rings (SSSR count). The molecular formula is C8H17FN2. The summed E-state index contributed by atoms with van der Waals surface area (Å²) in [5, 5.41) is 3.21. The number of nitrogens with one attached hydrogen (secondary N) is 1. The maximum atomic E-state index is 13.3. The number of alkyl halides is 1. The fourth-order valence-electron chi connectivity index (χ4n) is 1.57. The van der Waals surface area contributed by atoms with Crippen LogP contribution in [0.2, 0.25) is 0 Å². The Morgan fingerprint density at radius 1 is 1.73 bits per heavy atom. The first-order chi connectivity index (χ1) is 5.14. The highest BCUT2D eigenvalue weighted by Gasteiger charge is 2.27. The van der Waals surface area contributed by atoms with Crippen molar-refractivity contribution in [1.82, 2.24) is 5.32 Å². The van der Waals surface area contributed by atoms with E-state index in [2.05, 4.69) is 5.32 Å². The van der Waals surface area contributed by atoms with Crippen molar-refractivity contribution in [1.29, 1.82) is 0 Å². The smallest absolute Gasteiger partial charge is 0.120 e. The molecular weight excluding hydrogens is 143 g/mol. The SMILES string of the molecule is CC(F)(CN)CC1CCNC1. The van der Waals surface area contributed by atoms with Gasteiger partial charge in [0, 0.05) is 6.54 Å². The Morgan fingerprint density at radius 2 is 2.45 bits per heavy atom. The first-order valence-electron chi connectivity index (χ1n) is 4.24. The van der Waals surface area contributed by atoms with Gasteiger partial charge in [-0.25, -0.2) is 4.39 Å². The van der Waals surface area contributed by atoms with Gasteiger partial charge in [-0.1, -0.05) is 0 Å². The predicted molar refractivity (Wildman–Crippen MR) is 44.2 cm³/mol. The first-order valence-corrected chi connectivity index (χ1v) is 4.24. The van der Waals surface area contributed by atoms with Crippen LogP contribution in [0, 0.1) is 5.92 Å². The summed E-state index contributed by atoms with van der Waals surface area (Å²) in [5.41, 5.74) is 4.13. The zero-order valence-corrected chi connectivity index (χ0v) is 7.07. The molecule has 2 nitrogen and oxygen atoms in total. The van der Waals surface area contributed by atoms with E-state index in [-0.39, 0.29) is 6.54 Å². The number of rotatable bonds is 3. The summed E-state index contributed by atoms with van der Waals surface area (Å²) < 4.78 is 13.3. The Morgan fingerprint density at radius 3 is 2.91 bits per heavy atom. The Bertz CT molecular complexity index is 119. The Kier molecular flexibility index (Phi) is 2.84. The van der Waals surface area contributed by atoms with E-state index in [1.807, 2.05) is 0 Å². The van der Waals surface area contributed by atoms with Gasteiger partial charge in [-0.05, 0) is 38.8 Å². The monoisotopic (exact) mass is 160 g/mol. The molecule has 0 aromatic heterocycles. The molecule has 1 fully saturated rings. The van der Waals surface area contributed by atoms with Crippen LogP contribution in [0.25, 0.3) is 0 Å². The van der Waals surface area contributed by atoms with Crippen LogP contribution in [0.4, 0.5) is 4.39 Å². The van der Waals surface area contributed by atoms with E-state index in [0.717, 1.165) is 19.5 Å². The van der Waals surface area contributed by atoms with Crippen LogP contribution in [0.1, 0.15) is 19.8 Å². The van der Waals surface area contributed by atoms with Crippen molar-refractivity contribution in [2.24, 2.45) is 11.7 Å². The lowest BCUT2D eigenvalue weighted by molar-refractivity contribution is 0.159. The first kappa shape index (κ1) is 8.94. The Hall–Kier alpha value is -0.150. The lowest BCUT2D eigenvalue weighted by Crippen LogP contribution is -2.32. The van der Waals surface area contributed by atoms with Gasteiger partial charge in [0.2, 0.25) is 0 Å². The molecule has 0 radical (unpaired) electrons. The molecule has 11 heavy (non-hydrogen) atoms. The summed E-state index contributed by atoms with van der Waals surface area (Å²) in [6, 6.07) is 0. The van der Waals surface area contributed by atoms with Crippen molar-refractivity contribution in [2.75, 3.05) is 19.6 Å². The van der Waals surface area contributed by atoms with E-state index < -0.39 is 5.67 Å². The molecule has 2 unspecified atom stereocenters. The summed E-state index contributed by atoms with van der Waals surface area (Å²) in [7, 11) is 0. The molecule has 1 aliphatic rings. The highest BCUT2D eigenvalue weighted by molar-refractivity contribution is 4.82. The fourth-order valence-corrected chi connectivity index (χ4v) is 1.57. The van der Waals surface area contributed by atoms with Crippen molar-refractivity contribution >= 4 is 0 Å². The van der Waals surface area contributed by atoms with Gasteiger partial charge in [-0.3, -0.25) is 0 Å². The maximum absolute atomic E-state index is 13.3. The summed E-state index contributed by atoms with van der Waals surface area (Å²) in [5.74, 6) is 0.494. The van der Waals surface area contributed by atoms with Crippen molar-refractivity contribution in [2.45, 2.75) is 25.4 Å². The van der Waals surface area contributed by atoms with Gasteiger partial charge in [0.1, 0.15) is 5.67 Å². The van der Waals surface area contributed by atoms with Crippen LogP contribution in [-0.2, 0) is 0 Å². The summed E-state index contributed by atoms with van der Waals surface area (Å²) in [4.78, 5) is 0. The molecule has 0 amide bonds. The number of hydrogen-bond donors (Lipinski definition) is 2. The summed E-state index contributed by atoms with van der Waals surface area (Å²) >= 11 is 0. The van der Waals surface area contributed by atoms with Crippen molar-refractivity contribution in [3.05, 3.63) is 0 Å². The fraction of sp³-hybridized carbons (Fsp3) is 1.00. The van der Waals surface area contributed by atoms with E-state index in [4.69, 9.17) is 5.73 Å². The van der Waals surface area contributed by atoms with E-state index in [9.17, 15) is 4.39 Å². The molecule has 0 aromatic carbocycles. The minimum absolute atomic E-state index is 0.142. The minimum Gasteiger partial charge on any atom is -0.328 e. The lowest BCUT2D eigenvalue weighted by atomic mass is 9.93. The van der Waals surface area contributed by atoms with Gasteiger partial charge in [0.25, 0.3) is 0 Å². The lowest BCUT2D eigenvalue weighted by Gasteiger charge is -2.21. The molecule has 1 aliphatic heterocycles. The van der Waals surface area contributed by atoms with Gasteiger partial charge in [-0.2, -0.15) is 0 Å². The second-order valence-corrected chi connectivity index (χ2v) is 3.68. The molecule has 2 atom stereocenters. The van der Waals surface area contributed by atoms with Crippen LogP contribution in [0.3, 0.4) is 0 Å². The van der Waals surface area contributed by atoms with Gasteiger partial charge >= 0.3 is 0 Å². The molecule has 0 aromatic rings. The summed E-state index contributed by atoms with van der Waals surface area (Å²) in [6.45, 7) is 3.72. The molecule has 66 valence electrons. The quantitative estimate of drug-likeness (QED) is 0.637. The van der Waals surface area contributed by atoms with Crippen molar-refractivity contribution < 1.29 is 4.39 Å². The number of hydrogen-bond acceptors (Lipinski definition) is 2. The molecule has 0 aliphatic carbocycles. The average Bonchev–Trinajstić information content (AvgIpc) is 2.39. The van der Waals surface area contributed by atoms with Crippen molar-refractivity contribution in [3.63, 3.8) is 0 Å². The van der Waals surface area contributed by atoms with Gasteiger partial charge in [0.05, 0.1) is 0 Å². The maximum Gasteiger partial charge on any atom is 0.120 e. The second kappa shape index (κ2) is 3.50. The van der Waals surface area contributed by atoms with Crippen LogP contribution in [0.15, 0.2) is 0 Å². The van der Waals surface area contributed by atoms with E-state index >= 15 is 0 Å². The Balaban J connectivity index is 2.28. The molecule has 0 spiro atoms. The highest BCUT2D eigenvalue weighted by atomic mass is 19.1. The zero-order valence-electron chi connectivity index (χ0n) is 7.07. The van der Waals surface area contributed by atoms with Crippen LogP contribution in [0.5, 0.6) is 0 Å². The van der Waals surface area contributed by atoms with Gasteiger partial charge in [0.15, 0.2) is 0 Å². The third-order valence-electron chi connectivity index (χ3n) is 2.30. The summed E-state index contributed by atoms with van der Waals surface area (Å²) in [6.07, 6.45) is 1.70. The largest absolute Gasteiger partial charge is 0.328 e. The van der Waals surface area contributed by atoms with E-state index in [1.165, 1.54) is 0 Å². The molecule has 0 saturated carbocycles. The third-order valence-corrected chi connectivity index (χ3v) is 2.30. The second-order valence-electron chi connectivity index (χ2n) is 3.68.